The van der Waals surface area contributed by atoms with E-state index in [-0.39, 0.29) is 5.56 Å². The zero-order valence-electron chi connectivity index (χ0n) is 21.6. The lowest BCUT2D eigenvalue weighted by Crippen LogP contribution is -2.49. The molecule has 0 unspecified atom stereocenters. The first-order valence-electron chi connectivity index (χ1n) is 12.1. The molecule has 1 saturated heterocycles. The Hall–Kier alpha value is -4.02. The fraction of sp³-hybridized carbons (Fsp3) is 0.370. The SMILES string of the molecule is COc1cc2nc(C)cc(N[C@H](C)c3cccc(C(F)F)c3F)c2cc1N1CCN(C(=O)OC(C)=O)CC1. The minimum atomic E-state index is -2.91. The molecule has 38 heavy (non-hydrogen) atoms. The van der Waals surface area contributed by atoms with Gasteiger partial charge < -0.3 is 24.6 Å². The number of alkyl halides is 2. The fourth-order valence-electron chi connectivity index (χ4n) is 4.60. The highest BCUT2D eigenvalue weighted by Gasteiger charge is 2.26. The van der Waals surface area contributed by atoms with Crippen molar-refractivity contribution in [1.29, 1.82) is 0 Å². The number of methoxy groups -OCH3 is 1. The van der Waals surface area contributed by atoms with Crippen molar-refractivity contribution < 1.29 is 32.2 Å². The number of carbonyl (C=O) groups excluding carboxylic acids is 2. The van der Waals surface area contributed by atoms with Crippen LogP contribution in [-0.4, -0.2) is 55.2 Å². The number of rotatable bonds is 6. The summed E-state index contributed by atoms with van der Waals surface area (Å²) in [5.74, 6) is -1.00. The molecule has 4 rings (SSSR count). The van der Waals surface area contributed by atoms with Crippen molar-refractivity contribution in [2.45, 2.75) is 33.2 Å². The van der Waals surface area contributed by atoms with E-state index in [4.69, 9.17) is 4.74 Å². The number of pyridine rings is 1. The summed E-state index contributed by atoms with van der Waals surface area (Å²) in [7, 11) is 1.56. The number of carbonyl (C=O) groups is 2. The third-order valence-corrected chi connectivity index (χ3v) is 6.48. The van der Waals surface area contributed by atoms with Gasteiger partial charge in [0, 0.05) is 61.5 Å². The molecule has 0 saturated carbocycles. The monoisotopic (exact) mass is 530 g/mol. The topological polar surface area (TPSA) is 84.0 Å². The third kappa shape index (κ3) is 5.61. The second-order valence-electron chi connectivity index (χ2n) is 9.10. The molecule has 1 aliphatic heterocycles. The summed E-state index contributed by atoms with van der Waals surface area (Å²) in [5.41, 5.74) is 2.28. The highest BCUT2D eigenvalue weighted by atomic mass is 19.3. The van der Waals surface area contributed by atoms with E-state index >= 15 is 0 Å². The number of benzene rings is 2. The molecule has 1 amide bonds. The van der Waals surface area contributed by atoms with Crippen LogP contribution in [0.4, 0.5) is 29.3 Å². The number of piperazine rings is 1. The Balaban J connectivity index is 1.65. The molecule has 2 heterocycles. The van der Waals surface area contributed by atoms with E-state index in [9.17, 15) is 22.8 Å². The van der Waals surface area contributed by atoms with Gasteiger partial charge in [-0.25, -0.2) is 18.0 Å². The van der Waals surface area contributed by atoms with Gasteiger partial charge >= 0.3 is 12.1 Å². The summed E-state index contributed by atoms with van der Waals surface area (Å²) >= 11 is 0. The summed E-state index contributed by atoms with van der Waals surface area (Å²) in [5, 5.41) is 4.01. The lowest BCUT2D eigenvalue weighted by atomic mass is 10.0. The maximum atomic E-state index is 14.8. The molecular weight excluding hydrogens is 501 g/mol. The number of anilines is 2. The Labute approximate surface area is 218 Å². The van der Waals surface area contributed by atoms with Gasteiger partial charge in [-0.3, -0.25) is 9.78 Å². The number of nitrogens with zero attached hydrogens (tertiary/aromatic N) is 3. The number of hydrogen-bond acceptors (Lipinski definition) is 7. The van der Waals surface area contributed by atoms with Crippen molar-refractivity contribution in [1.82, 2.24) is 9.88 Å². The second kappa shape index (κ2) is 11.2. The number of aromatic nitrogens is 1. The number of fused-ring (bicyclic) bond motifs is 1. The molecule has 1 atom stereocenters. The van der Waals surface area contributed by atoms with Crippen LogP contribution in [0.3, 0.4) is 0 Å². The van der Waals surface area contributed by atoms with Gasteiger partial charge in [0.2, 0.25) is 0 Å². The van der Waals surface area contributed by atoms with E-state index in [2.05, 4.69) is 19.9 Å². The molecule has 1 fully saturated rings. The van der Waals surface area contributed by atoms with E-state index in [0.29, 0.717) is 48.8 Å². The molecule has 0 bridgehead atoms. The Morgan fingerprint density at radius 3 is 2.39 bits per heavy atom. The summed E-state index contributed by atoms with van der Waals surface area (Å²) in [4.78, 5) is 31.3. The fourth-order valence-corrected chi connectivity index (χ4v) is 4.60. The lowest BCUT2D eigenvalue weighted by molar-refractivity contribution is -0.135. The Morgan fingerprint density at radius 2 is 1.76 bits per heavy atom. The van der Waals surface area contributed by atoms with Gasteiger partial charge in [-0.15, -0.1) is 0 Å². The molecule has 2 aromatic carbocycles. The number of hydrogen-bond donors (Lipinski definition) is 1. The first-order chi connectivity index (χ1) is 18.1. The van der Waals surface area contributed by atoms with Crippen molar-refractivity contribution in [2.24, 2.45) is 0 Å². The zero-order chi connectivity index (χ0) is 27.6. The number of aryl methyl sites for hydroxylation is 1. The van der Waals surface area contributed by atoms with Crippen LogP contribution < -0.4 is 15.0 Å². The average Bonchev–Trinajstić information content (AvgIpc) is 2.87. The summed E-state index contributed by atoms with van der Waals surface area (Å²) < 4.78 is 51.6. The number of amides is 1. The zero-order valence-corrected chi connectivity index (χ0v) is 21.6. The molecule has 1 aromatic heterocycles. The minimum absolute atomic E-state index is 0.132. The molecule has 1 aliphatic rings. The quantitative estimate of drug-likeness (QED) is 0.328. The van der Waals surface area contributed by atoms with E-state index in [1.807, 2.05) is 25.1 Å². The van der Waals surface area contributed by atoms with Gasteiger partial charge in [0.1, 0.15) is 11.6 Å². The smallest absolute Gasteiger partial charge is 0.417 e. The van der Waals surface area contributed by atoms with Crippen molar-refractivity contribution in [3.05, 3.63) is 59.0 Å². The molecule has 1 N–H and O–H groups in total. The number of esters is 1. The maximum Gasteiger partial charge on any atom is 0.417 e. The first kappa shape index (κ1) is 27.0. The molecule has 0 aliphatic carbocycles. The van der Waals surface area contributed by atoms with Crippen LogP contribution in [0.15, 0.2) is 36.4 Å². The van der Waals surface area contributed by atoms with Crippen LogP contribution in [-0.2, 0) is 9.53 Å². The predicted molar refractivity (Wildman–Crippen MR) is 137 cm³/mol. The maximum absolute atomic E-state index is 14.8. The first-order valence-corrected chi connectivity index (χ1v) is 12.1. The van der Waals surface area contributed by atoms with Gasteiger partial charge in [0.25, 0.3) is 6.43 Å². The Morgan fingerprint density at radius 1 is 1.08 bits per heavy atom. The van der Waals surface area contributed by atoms with Gasteiger partial charge in [-0.05, 0) is 26.0 Å². The van der Waals surface area contributed by atoms with E-state index in [1.54, 1.807) is 14.0 Å². The molecule has 8 nitrogen and oxygen atoms in total. The van der Waals surface area contributed by atoms with E-state index in [1.165, 1.54) is 24.0 Å². The van der Waals surface area contributed by atoms with Crippen LogP contribution in [0.25, 0.3) is 10.9 Å². The van der Waals surface area contributed by atoms with Gasteiger partial charge in [-0.2, -0.15) is 0 Å². The van der Waals surface area contributed by atoms with Gasteiger partial charge in [0.15, 0.2) is 0 Å². The van der Waals surface area contributed by atoms with Crippen molar-refractivity contribution >= 4 is 34.3 Å². The average molecular weight is 531 g/mol. The van der Waals surface area contributed by atoms with E-state index < -0.39 is 35.9 Å². The van der Waals surface area contributed by atoms with Crippen molar-refractivity contribution in [3.63, 3.8) is 0 Å². The standard InChI is InChI=1S/C27H29F3N4O4/c1-15-12-21(32-16(2)18-6-5-7-19(25(18)28)26(29)30)20-13-23(24(37-4)14-22(20)31-15)33-8-10-34(11-9-33)27(36)38-17(3)35/h5-7,12-14,16,26H,8-11H2,1-4H3,(H,31,32)/t16-/m1/s1. The molecule has 202 valence electrons. The number of nitrogens with one attached hydrogen (secondary N) is 1. The van der Waals surface area contributed by atoms with Crippen LogP contribution in [0.2, 0.25) is 0 Å². The summed E-state index contributed by atoms with van der Waals surface area (Å²) in [6.45, 7) is 6.35. The Kier molecular flexibility index (Phi) is 7.94. The molecular formula is C27H29F3N4O4. The third-order valence-electron chi connectivity index (χ3n) is 6.48. The van der Waals surface area contributed by atoms with Crippen molar-refractivity contribution in [3.8, 4) is 5.75 Å². The lowest BCUT2D eigenvalue weighted by Gasteiger charge is -2.36. The predicted octanol–water partition coefficient (Wildman–Crippen LogP) is 5.61. The Bertz CT molecular complexity index is 1360. The normalized spacial score (nSPS) is 14.5. The highest BCUT2D eigenvalue weighted by molar-refractivity contribution is 5.96. The minimum Gasteiger partial charge on any atom is -0.495 e. The largest absolute Gasteiger partial charge is 0.495 e. The molecule has 11 heteroatoms. The highest BCUT2D eigenvalue weighted by Crippen LogP contribution is 2.38. The van der Waals surface area contributed by atoms with Crippen LogP contribution >= 0.6 is 0 Å². The van der Waals surface area contributed by atoms with E-state index in [0.717, 1.165) is 17.1 Å². The molecule has 3 aromatic rings. The van der Waals surface area contributed by atoms with Crippen LogP contribution in [0.1, 0.15) is 43.1 Å². The van der Waals surface area contributed by atoms with Crippen LogP contribution in [0.5, 0.6) is 5.75 Å². The molecule has 0 spiro atoms. The summed E-state index contributed by atoms with van der Waals surface area (Å²) in [6, 6.07) is 8.91. The van der Waals surface area contributed by atoms with Gasteiger partial charge in [-0.1, -0.05) is 18.2 Å². The van der Waals surface area contributed by atoms with Crippen molar-refractivity contribution in [2.75, 3.05) is 43.5 Å². The number of halogens is 3. The van der Waals surface area contributed by atoms with Gasteiger partial charge in [0.05, 0.1) is 29.9 Å². The number of ether oxygens (including phenoxy) is 2. The molecule has 0 radical (unpaired) electrons. The van der Waals surface area contributed by atoms with Crippen LogP contribution in [0, 0.1) is 12.7 Å². The second-order valence-corrected chi connectivity index (χ2v) is 9.10. The summed E-state index contributed by atoms with van der Waals surface area (Å²) in [6.07, 6.45) is -3.59.